The quantitative estimate of drug-likeness (QED) is 0.693. The van der Waals surface area contributed by atoms with E-state index < -0.39 is 18.0 Å². The molecule has 4 nitrogen and oxygen atoms in total. The van der Waals surface area contributed by atoms with Gasteiger partial charge in [-0.15, -0.1) is 0 Å². The van der Waals surface area contributed by atoms with Gasteiger partial charge in [-0.1, -0.05) is 60.1 Å². The summed E-state index contributed by atoms with van der Waals surface area (Å²) in [7, 11) is 0. The molecule has 0 aromatic heterocycles. The Kier molecular flexibility index (Phi) is 5.00. The van der Waals surface area contributed by atoms with E-state index in [1.54, 1.807) is 36.4 Å². The molecule has 0 unspecified atom stereocenters. The number of nitrogens with one attached hydrogen (secondary N) is 1. The minimum Gasteiger partial charge on any atom is -0.449 e. The van der Waals surface area contributed by atoms with Crippen LogP contribution < -0.4 is 5.32 Å². The van der Waals surface area contributed by atoms with Crippen molar-refractivity contribution in [2.45, 2.75) is 13.0 Å². The van der Waals surface area contributed by atoms with E-state index in [0.717, 1.165) is 10.8 Å². The van der Waals surface area contributed by atoms with Gasteiger partial charge in [0, 0.05) is 0 Å². The van der Waals surface area contributed by atoms with Crippen molar-refractivity contribution in [2.24, 2.45) is 0 Å². The van der Waals surface area contributed by atoms with E-state index in [4.69, 9.17) is 16.3 Å². The third-order valence-electron chi connectivity index (χ3n) is 3.79. The fourth-order valence-corrected chi connectivity index (χ4v) is 2.66. The van der Waals surface area contributed by atoms with Gasteiger partial charge in [0.1, 0.15) is 0 Å². The number of hydrogen-bond donors (Lipinski definition) is 1. The highest BCUT2D eigenvalue weighted by molar-refractivity contribution is 6.33. The number of halogens is 1. The molecule has 3 aromatic rings. The predicted molar refractivity (Wildman–Crippen MR) is 98.9 cm³/mol. The van der Waals surface area contributed by atoms with Crippen LogP contribution in [0.5, 0.6) is 0 Å². The van der Waals surface area contributed by atoms with E-state index in [1.165, 1.54) is 6.92 Å². The van der Waals surface area contributed by atoms with E-state index in [2.05, 4.69) is 5.32 Å². The number of amides is 1. The number of hydrogen-bond acceptors (Lipinski definition) is 3. The lowest BCUT2D eigenvalue weighted by molar-refractivity contribution is -0.123. The zero-order valence-electron chi connectivity index (χ0n) is 13.5. The molecule has 126 valence electrons. The van der Waals surface area contributed by atoms with E-state index >= 15 is 0 Å². The van der Waals surface area contributed by atoms with Crippen LogP contribution in [-0.4, -0.2) is 18.0 Å². The number of carbonyl (C=O) groups excluding carboxylic acids is 2. The summed E-state index contributed by atoms with van der Waals surface area (Å²) < 4.78 is 5.32. The molecule has 3 aromatic carbocycles. The van der Waals surface area contributed by atoms with Crippen LogP contribution in [-0.2, 0) is 9.53 Å². The summed E-state index contributed by atoms with van der Waals surface area (Å²) in [6, 6.07) is 19.8. The first-order valence-corrected chi connectivity index (χ1v) is 8.18. The molecule has 3 rings (SSSR count). The molecule has 0 aliphatic rings. The van der Waals surface area contributed by atoms with Crippen molar-refractivity contribution in [2.75, 3.05) is 5.32 Å². The third kappa shape index (κ3) is 3.80. The standard InChI is InChI=1S/C20H16ClNO3/c1-13(19(23)22-18-12-5-4-11-17(18)21)25-20(24)16-10-6-8-14-7-2-3-9-15(14)16/h2-13H,1H3,(H,22,23)/t13-/m0/s1. The minimum absolute atomic E-state index is 0.420. The maximum Gasteiger partial charge on any atom is 0.339 e. The fourth-order valence-electron chi connectivity index (χ4n) is 2.48. The molecular formula is C20H16ClNO3. The number of benzene rings is 3. The van der Waals surface area contributed by atoms with Gasteiger partial charge in [-0.25, -0.2) is 4.79 Å². The zero-order valence-corrected chi connectivity index (χ0v) is 14.3. The van der Waals surface area contributed by atoms with Crippen LogP contribution in [0.1, 0.15) is 17.3 Å². The molecule has 0 heterocycles. The second-order valence-corrected chi connectivity index (χ2v) is 5.95. The second-order valence-electron chi connectivity index (χ2n) is 5.54. The Balaban J connectivity index is 1.74. The van der Waals surface area contributed by atoms with E-state index in [0.29, 0.717) is 16.3 Å². The fraction of sp³-hybridized carbons (Fsp3) is 0.100. The summed E-state index contributed by atoms with van der Waals surface area (Å²) in [4.78, 5) is 24.7. The molecule has 0 spiro atoms. The summed E-state index contributed by atoms with van der Waals surface area (Å²) in [6.45, 7) is 1.52. The lowest BCUT2D eigenvalue weighted by Crippen LogP contribution is -2.30. The Bertz CT molecular complexity index is 934. The number of para-hydroxylation sites is 1. The highest BCUT2D eigenvalue weighted by Gasteiger charge is 2.20. The zero-order chi connectivity index (χ0) is 17.8. The first-order valence-electron chi connectivity index (χ1n) is 7.80. The van der Waals surface area contributed by atoms with Crippen LogP contribution in [0.2, 0.25) is 5.02 Å². The molecule has 1 amide bonds. The Hall–Kier alpha value is -2.85. The van der Waals surface area contributed by atoms with Gasteiger partial charge < -0.3 is 10.1 Å². The molecule has 0 aliphatic carbocycles. The van der Waals surface area contributed by atoms with E-state index in [-0.39, 0.29) is 0 Å². The number of ether oxygens (including phenoxy) is 1. The summed E-state index contributed by atoms with van der Waals surface area (Å²) in [5.41, 5.74) is 0.901. The Labute approximate surface area is 150 Å². The molecule has 25 heavy (non-hydrogen) atoms. The highest BCUT2D eigenvalue weighted by Crippen LogP contribution is 2.22. The van der Waals surface area contributed by atoms with Crippen LogP contribution in [0.3, 0.4) is 0 Å². The van der Waals surface area contributed by atoms with E-state index in [9.17, 15) is 9.59 Å². The number of anilines is 1. The van der Waals surface area contributed by atoms with Gasteiger partial charge in [-0.2, -0.15) is 0 Å². The van der Waals surface area contributed by atoms with Gasteiger partial charge in [-0.05, 0) is 35.9 Å². The van der Waals surface area contributed by atoms with Gasteiger partial charge >= 0.3 is 5.97 Å². The molecule has 5 heteroatoms. The van der Waals surface area contributed by atoms with Gasteiger partial charge in [0.2, 0.25) is 0 Å². The van der Waals surface area contributed by atoms with Crippen LogP contribution in [0.25, 0.3) is 10.8 Å². The molecule has 0 saturated heterocycles. The number of esters is 1. The van der Waals surface area contributed by atoms with Crippen molar-refractivity contribution in [3.63, 3.8) is 0 Å². The lowest BCUT2D eigenvalue weighted by Gasteiger charge is -2.15. The average Bonchev–Trinajstić information content (AvgIpc) is 2.63. The van der Waals surface area contributed by atoms with Crippen LogP contribution in [0.15, 0.2) is 66.7 Å². The van der Waals surface area contributed by atoms with Crippen LogP contribution in [0.4, 0.5) is 5.69 Å². The summed E-state index contributed by atoms with van der Waals surface area (Å²) >= 11 is 6.02. The number of carbonyl (C=O) groups is 2. The topological polar surface area (TPSA) is 55.4 Å². The summed E-state index contributed by atoms with van der Waals surface area (Å²) in [5, 5.41) is 4.80. The first kappa shape index (κ1) is 17.0. The van der Waals surface area contributed by atoms with Crippen molar-refractivity contribution in [1.82, 2.24) is 0 Å². The molecule has 1 N–H and O–H groups in total. The van der Waals surface area contributed by atoms with Gasteiger partial charge in [0.25, 0.3) is 5.91 Å². The molecule has 0 aliphatic heterocycles. The maximum absolute atomic E-state index is 12.5. The lowest BCUT2D eigenvalue weighted by atomic mass is 10.0. The van der Waals surface area contributed by atoms with Crippen molar-refractivity contribution in [3.05, 3.63) is 77.3 Å². The smallest absolute Gasteiger partial charge is 0.339 e. The largest absolute Gasteiger partial charge is 0.449 e. The van der Waals surface area contributed by atoms with Gasteiger partial charge in [-0.3, -0.25) is 4.79 Å². The Morgan fingerprint density at radius 2 is 1.64 bits per heavy atom. The number of fused-ring (bicyclic) bond motifs is 1. The molecule has 0 fully saturated rings. The summed E-state index contributed by atoms with van der Waals surface area (Å²) in [6.07, 6.45) is -0.956. The molecule has 1 atom stereocenters. The SMILES string of the molecule is C[C@H](OC(=O)c1cccc2ccccc12)C(=O)Nc1ccccc1Cl. The first-order chi connectivity index (χ1) is 12.1. The predicted octanol–water partition coefficient (Wildman–Crippen LogP) is 4.68. The van der Waals surface area contributed by atoms with Crippen molar-refractivity contribution in [3.8, 4) is 0 Å². The van der Waals surface area contributed by atoms with Gasteiger partial charge in [0.15, 0.2) is 6.10 Å². The van der Waals surface area contributed by atoms with Crippen molar-refractivity contribution >= 4 is 39.9 Å². The molecule has 0 radical (unpaired) electrons. The molecular weight excluding hydrogens is 338 g/mol. The van der Waals surface area contributed by atoms with E-state index in [1.807, 2.05) is 30.3 Å². The molecule has 0 saturated carbocycles. The maximum atomic E-state index is 12.5. The van der Waals surface area contributed by atoms with Crippen molar-refractivity contribution < 1.29 is 14.3 Å². The molecule has 0 bridgehead atoms. The minimum atomic E-state index is -0.956. The average molecular weight is 354 g/mol. The Morgan fingerprint density at radius 1 is 0.960 bits per heavy atom. The van der Waals surface area contributed by atoms with Crippen LogP contribution >= 0.6 is 11.6 Å². The summed E-state index contributed by atoms with van der Waals surface area (Å²) in [5.74, 6) is -0.986. The highest BCUT2D eigenvalue weighted by atomic mass is 35.5. The monoisotopic (exact) mass is 353 g/mol. The Morgan fingerprint density at radius 3 is 2.44 bits per heavy atom. The third-order valence-corrected chi connectivity index (χ3v) is 4.12. The second kappa shape index (κ2) is 7.36. The van der Waals surface area contributed by atoms with Gasteiger partial charge in [0.05, 0.1) is 16.3 Å². The van der Waals surface area contributed by atoms with Crippen LogP contribution in [0, 0.1) is 0 Å². The van der Waals surface area contributed by atoms with Crippen molar-refractivity contribution in [1.29, 1.82) is 0 Å². The normalized spacial score (nSPS) is 11.8. The number of rotatable bonds is 4.